The first-order valence-corrected chi connectivity index (χ1v) is 24.4. The maximum atomic E-state index is 4.67. The van der Waals surface area contributed by atoms with Gasteiger partial charge >= 0.3 is 0 Å². The van der Waals surface area contributed by atoms with Gasteiger partial charge in [0.15, 0.2) is 0 Å². The van der Waals surface area contributed by atoms with Gasteiger partial charge in [0.2, 0.25) is 0 Å². The van der Waals surface area contributed by atoms with E-state index in [4.69, 9.17) is 0 Å². The van der Waals surface area contributed by atoms with Crippen LogP contribution >= 0.6 is 0 Å². The third-order valence-corrected chi connectivity index (χ3v) is 14.7. The van der Waals surface area contributed by atoms with Crippen molar-refractivity contribution in [1.29, 1.82) is 0 Å². The number of aromatic nitrogens is 2. The molecule has 1 spiro atoms. The minimum atomic E-state index is -0.189. The average molecular weight is 1100 g/mol. The molecule has 2 aliphatic carbocycles. The number of hydrogen-bond donors (Lipinski definition) is 0. The molecule has 343 valence electrons. The van der Waals surface area contributed by atoms with Crippen molar-refractivity contribution in [3.05, 3.63) is 289 Å². The Kier molecular flexibility index (Phi) is 11.9. The number of fused-ring (bicyclic) bond motifs is 8. The van der Waals surface area contributed by atoms with Crippen LogP contribution in [0.5, 0.6) is 0 Å². The van der Waals surface area contributed by atoms with Crippen LogP contribution < -0.4 is 0 Å². The van der Waals surface area contributed by atoms with Crippen LogP contribution in [0.3, 0.4) is 0 Å². The summed E-state index contributed by atoms with van der Waals surface area (Å²) in [6, 6.07) is 94.4. The standard InChI is InChI=1S/C58H38N.C11H8N.Ir/c1-3-9-44-31-46(22-20-38(44)7-1)40-12-16-42(17-13-40)48-26-28-53-54-29-27-49(43-18-14-41(15-19-43)47-23-21-39-8-2-4-10-45(39)32-47)35-56(54)58(55(53)34-48)36-51-25-24-50(33-52(51)37-58)57-11-5-6-30-59-57;1-2-6-10(7-3-1)11-8-4-5-9-12-11;/h1-23,25-35H,36-37H2;1-6,8-9H;/q2*-1;. The van der Waals surface area contributed by atoms with Crippen LogP contribution in [0.25, 0.3) is 99.7 Å². The maximum Gasteiger partial charge on any atom is 0.0201 e. The molecule has 2 nitrogen and oxygen atoms in total. The molecule has 0 fully saturated rings. The summed E-state index contributed by atoms with van der Waals surface area (Å²) in [5.41, 5.74) is 22.0. The topological polar surface area (TPSA) is 25.8 Å². The quantitative estimate of drug-likeness (QED) is 0.155. The van der Waals surface area contributed by atoms with Crippen molar-refractivity contribution in [2.45, 2.75) is 18.3 Å². The zero-order chi connectivity index (χ0) is 47.1. The molecular weight excluding hydrogens is 1050 g/mol. The smallest absolute Gasteiger partial charge is 0.0201 e. The zero-order valence-electron chi connectivity index (χ0n) is 39.4. The SMILES string of the molecule is [Ir].[c-]1cc2c(cc1-c1ccccn1)CC1(C2)c2cc(-c3ccc(-c4ccc5ccccc5c4)cc3)ccc2-c2ccc(-c3ccc(-c4ccc5ccccc5c4)cc3)cc21.[c-]1ccccc1-c1ccccn1. The van der Waals surface area contributed by atoms with Crippen molar-refractivity contribution < 1.29 is 20.1 Å². The summed E-state index contributed by atoms with van der Waals surface area (Å²) >= 11 is 0. The van der Waals surface area contributed by atoms with Crippen LogP contribution in [0.15, 0.2) is 255 Å². The van der Waals surface area contributed by atoms with Crippen LogP contribution in [-0.2, 0) is 38.4 Å². The fourth-order valence-electron chi connectivity index (χ4n) is 11.0. The predicted octanol–water partition coefficient (Wildman–Crippen LogP) is 17.1. The fraction of sp³-hybridized carbons (Fsp3) is 0.0435. The van der Waals surface area contributed by atoms with Crippen molar-refractivity contribution in [3.8, 4) is 78.1 Å². The molecule has 0 saturated carbocycles. The Morgan fingerprint density at radius 2 is 0.764 bits per heavy atom. The van der Waals surface area contributed by atoms with E-state index in [1.165, 1.54) is 99.4 Å². The van der Waals surface area contributed by atoms with E-state index in [2.05, 4.69) is 216 Å². The molecule has 1 radical (unpaired) electrons. The second-order valence-electron chi connectivity index (χ2n) is 18.8. The van der Waals surface area contributed by atoms with Gasteiger partial charge in [-0.15, -0.1) is 70.8 Å². The monoisotopic (exact) mass is 1100 g/mol. The maximum absolute atomic E-state index is 4.67. The summed E-state index contributed by atoms with van der Waals surface area (Å²) in [5.74, 6) is 0. The zero-order valence-corrected chi connectivity index (χ0v) is 41.8. The number of hydrogen-bond acceptors (Lipinski definition) is 2. The first-order valence-electron chi connectivity index (χ1n) is 24.4. The normalized spacial score (nSPS) is 12.6. The van der Waals surface area contributed by atoms with Crippen molar-refractivity contribution in [1.82, 2.24) is 9.97 Å². The van der Waals surface area contributed by atoms with E-state index in [1.54, 1.807) is 6.20 Å². The second kappa shape index (κ2) is 19.1. The van der Waals surface area contributed by atoms with Crippen molar-refractivity contribution >= 4 is 21.5 Å². The van der Waals surface area contributed by atoms with Crippen molar-refractivity contribution in [2.24, 2.45) is 0 Å². The first kappa shape index (κ1) is 44.8. The van der Waals surface area contributed by atoms with E-state index >= 15 is 0 Å². The summed E-state index contributed by atoms with van der Waals surface area (Å²) in [4.78, 5) is 8.89. The van der Waals surface area contributed by atoms with Crippen LogP contribution in [0.4, 0.5) is 0 Å². The molecule has 10 aromatic carbocycles. The van der Waals surface area contributed by atoms with Gasteiger partial charge in [-0.2, -0.15) is 0 Å². The van der Waals surface area contributed by atoms with Gasteiger partial charge in [0.25, 0.3) is 0 Å². The summed E-state index contributed by atoms with van der Waals surface area (Å²) in [7, 11) is 0. The molecule has 2 heterocycles. The van der Waals surface area contributed by atoms with Gasteiger partial charge in [0, 0.05) is 37.9 Å². The number of pyridine rings is 2. The number of nitrogens with zero attached hydrogens (tertiary/aromatic N) is 2. The second-order valence-corrected chi connectivity index (χ2v) is 18.8. The van der Waals surface area contributed by atoms with E-state index in [0.717, 1.165) is 35.4 Å². The molecule has 0 saturated heterocycles. The Balaban J connectivity index is 0.000000358. The third kappa shape index (κ3) is 8.37. The molecule has 3 heteroatoms. The van der Waals surface area contributed by atoms with E-state index in [-0.39, 0.29) is 25.5 Å². The third-order valence-electron chi connectivity index (χ3n) is 14.7. The first-order chi connectivity index (χ1) is 35.1. The molecule has 2 aromatic heterocycles. The van der Waals surface area contributed by atoms with Crippen LogP contribution in [0.1, 0.15) is 22.3 Å². The summed E-state index contributed by atoms with van der Waals surface area (Å²) < 4.78 is 0. The Bertz CT molecular complexity index is 3690. The molecule has 14 rings (SSSR count). The molecule has 12 aromatic rings. The van der Waals surface area contributed by atoms with Crippen molar-refractivity contribution in [2.75, 3.05) is 0 Å². The van der Waals surface area contributed by atoms with E-state index < -0.39 is 0 Å². The Morgan fingerprint density at radius 1 is 0.333 bits per heavy atom. The molecule has 0 bridgehead atoms. The Morgan fingerprint density at radius 3 is 1.25 bits per heavy atom. The van der Waals surface area contributed by atoms with E-state index in [1.807, 2.05) is 54.7 Å². The Labute approximate surface area is 434 Å². The van der Waals surface area contributed by atoms with Gasteiger partial charge in [-0.1, -0.05) is 170 Å². The molecule has 0 unspecified atom stereocenters. The largest absolute Gasteiger partial charge is 0.305 e. The fourth-order valence-corrected chi connectivity index (χ4v) is 11.0. The van der Waals surface area contributed by atoms with Gasteiger partial charge in [0.05, 0.1) is 0 Å². The number of benzene rings is 10. The summed E-state index contributed by atoms with van der Waals surface area (Å²) in [6.07, 6.45) is 5.53. The van der Waals surface area contributed by atoms with Gasteiger partial charge < -0.3 is 9.97 Å². The van der Waals surface area contributed by atoms with E-state index in [0.29, 0.717) is 0 Å². The van der Waals surface area contributed by atoms with Gasteiger partial charge in [-0.05, 0) is 149 Å². The molecule has 0 amide bonds. The molecule has 0 atom stereocenters. The molecular formula is C69H46IrN2-2. The van der Waals surface area contributed by atoms with Gasteiger partial charge in [-0.3, -0.25) is 0 Å². The molecule has 72 heavy (non-hydrogen) atoms. The van der Waals surface area contributed by atoms with Crippen LogP contribution in [-0.4, -0.2) is 9.97 Å². The Hall–Kier alpha value is -8.33. The average Bonchev–Trinajstić information content (AvgIpc) is 3.97. The van der Waals surface area contributed by atoms with Gasteiger partial charge in [0.1, 0.15) is 0 Å². The minimum absolute atomic E-state index is 0. The molecule has 2 aliphatic rings. The molecule has 0 N–H and O–H groups in total. The number of rotatable bonds is 6. The van der Waals surface area contributed by atoms with Crippen molar-refractivity contribution in [3.63, 3.8) is 0 Å². The predicted molar refractivity (Wildman–Crippen MR) is 294 cm³/mol. The van der Waals surface area contributed by atoms with E-state index in [9.17, 15) is 0 Å². The minimum Gasteiger partial charge on any atom is -0.305 e. The van der Waals surface area contributed by atoms with Gasteiger partial charge in [-0.25, -0.2) is 0 Å². The summed E-state index contributed by atoms with van der Waals surface area (Å²) in [5, 5.41) is 5.06. The summed E-state index contributed by atoms with van der Waals surface area (Å²) in [6.45, 7) is 0. The van der Waals surface area contributed by atoms with Crippen LogP contribution in [0, 0.1) is 12.1 Å². The van der Waals surface area contributed by atoms with Crippen LogP contribution in [0.2, 0.25) is 0 Å². The molecule has 0 aliphatic heterocycles.